The Bertz CT molecular complexity index is 480. The largest absolute Gasteiger partial charge is 0.291 e. The molecular formula is C19H27NS. The molecule has 21 heavy (non-hydrogen) atoms. The summed E-state index contributed by atoms with van der Waals surface area (Å²) < 4.78 is 0. The molecule has 2 aliphatic rings. The molecule has 2 aliphatic heterocycles. The molecule has 0 aliphatic carbocycles. The molecule has 114 valence electrons. The third kappa shape index (κ3) is 3.54. The summed E-state index contributed by atoms with van der Waals surface area (Å²) in [5, 5.41) is 0. The van der Waals surface area contributed by atoms with E-state index < -0.39 is 0 Å². The Balaban J connectivity index is 1.73. The lowest BCUT2D eigenvalue weighted by Gasteiger charge is -2.48. The summed E-state index contributed by atoms with van der Waals surface area (Å²) in [5.74, 6) is 0. The topological polar surface area (TPSA) is 3.24 Å². The fraction of sp³-hybridized carbons (Fsp3) is 0.579. The monoisotopic (exact) mass is 301 g/mol. The molecule has 0 amide bonds. The van der Waals surface area contributed by atoms with Crippen molar-refractivity contribution in [2.24, 2.45) is 0 Å². The van der Waals surface area contributed by atoms with Crippen molar-refractivity contribution in [3.8, 4) is 0 Å². The highest BCUT2D eigenvalue weighted by Gasteiger charge is 2.35. The number of piperidine rings is 1. The van der Waals surface area contributed by atoms with E-state index in [0.29, 0.717) is 6.04 Å². The van der Waals surface area contributed by atoms with Gasteiger partial charge in [-0.05, 0) is 49.6 Å². The van der Waals surface area contributed by atoms with Gasteiger partial charge in [-0.15, -0.1) is 0 Å². The molecule has 0 spiro atoms. The summed E-state index contributed by atoms with van der Waals surface area (Å²) in [5.41, 5.74) is 0. The first-order chi connectivity index (χ1) is 10.3. The number of hydrogen-bond acceptors (Lipinski definition) is 2. The average Bonchev–Trinajstić information content (AvgIpc) is 2.48. The van der Waals surface area contributed by atoms with Gasteiger partial charge >= 0.3 is 0 Å². The molecule has 1 aromatic carbocycles. The van der Waals surface area contributed by atoms with Crippen LogP contribution in [0.15, 0.2) is 46.2 Å². The highest BCUT2D eigenvalue weighted by atomic mass is 32.2. The second-order valence-corrected chi connectivity index (χ2v) is 7.67. The Morgan fingerprint density at radius 1 is 1.19 bits per heavy atom. The first-order valence-electron chi connectivity index (χ1n) is 8.49. The zero-order valence-corrected chi connectivity index (χ0v) is 14.1. The predicted molar refractivity (Wildman–Crippen MR) is 92.6 cm³/mol. The molecule has 0 radical (unpaired) electrons. The van der Waals surface area contributed by atoms with Crippen molar-refractivity contribution < 1.29 is 0 Å². The van der Waals surface area contributed by atoms with E-state index in [1.54, 1.807) is 4.91 Å². The molecule has 0 aromatic heterocycles. The first-order valence-corrected chi connectivity index (χ1v) is 9.30. The van der Waals surface area contributed by atoms with E-state index in [-0.39, 0.29) is 0 Å². The Labute approximate surface area is 133 Å². The van der Waals surface area contributed by atoms with Crippen LogP contribution in [-0.2, 0) is 0 Å². The van der Waals surface area contributed by atoms with Crippen molar-refractivity contribution >= 4 is 11.8 Å². The number of thioether (sulfide) groups is 1. The minimum Gasteiger partial charge on any atom is -0.291 e. The minimum atomic E-state index is 0.604. The van der Waals surface area contributed by atoms with Crippen LogP contribution in [0.3, 0.4) is 0 Å². The Hall–Kier alpha value is -0.730. The van der Waals surface area contributed by atoms with E-state index in [4.69, 9.17) is 0 Å². The molecule has 0 N–H and O–H groups in total. The van der Waals surface area contributed by atoms with E-state index >= 15 is 0 Å². The Morgan fingerprint density at radius 3 is 2.76 bits per heavy atom. The van der Waals surface area contributed by atoms with Crippen molar-refractivity contribution in [2.75, 3.05) is 0 Å². The maximum absolute atomic E-state index is 2.82. The first kappa shape index (κ1) is 15.2. The van der Waals surface area contributed by atoms with Gasteiger partial charge in [0, 0.05) is 23.0 Å². The average molecular weight is 301 g/mol. The van der Waals surface area contributed by atoms with Gasteiger partial charge in [0.15, 0.2) is 0 Å². The molecule has 0 bridgehead atoms. The van der Waals surface area contributed by atoms with E-state index in [0.717, 1.165) is 12.1 Å². The second-order valence-electron chi connectivity index (χ2n) is 6.47. The molecule has 1 nitrogen and oxygen atoms in total. The molecule has 1 fully saturated rings. The summed E-state index contributed by atoms with van der Waals surface area (Å²) in [6, 6.07) is 13.0. The van der Waals surface area contributed by atoms with Crippen LogP contribution >= 0.6 is 11.8 Å². The smallest absolute Gasteiger partial charge is 0.0266 e. The van der Waals surface area contributed by atoms with Crippen LogP contribution in [0.4, 0.5) is 0 Å². The molecule has 3 rings (SSSR count). The number of nitrogens with zero attached hydrogens (tertiary/aromatic N) is 1. The molecule has 0 saturated carbocycles. The normalized spacial score (nSPS) is 29.8. The zero-order chi connectivity index (χ0) is 14.7. The van der Waals surface area contributed by atoms with Crippen molar-refractivity contribution in [1.29, 1.82) is 0 Å². The third-order valence-electron chi connectivity index (χ3n) is 4.87. The lowest BCUT2D eigenvalue weighted by Crippen LogP contribution is -2.52. The van der Waals surface area contributed by atoms with Crippen LogP contribution in [-0.4, -0.2) is 23.0 Å². The lowest BCUT2D eigenvalue weighted by atomic mass is 9.87. The second kappa shape index (κ2) is 7.02. The van der Waals surface area contributed by atoms with Crippen LogP contribution in [0, 0.1) is 0 Å². The molecule has 2 heterocycles. The van der Waals surface area contributed by atoms with E-state index in [9.17, 15) is 0 Å². The van der Waals surface area contributed by atoms with Crippen LogP contribution in [0.2, 0.25) is 0 Å². The summed E-state index contributed by atoms with van der Waals surface area (Å²) in [6.45, 7) is 4.72. The molecule has 2 heteroatoms. The highest BCUT2D eigenvalue weighted by molar-refractivity contribution is 8.03. The quantitative estimate of drug-likeness (QED) is 0.724. The van der Waals surface area contributed by atoms with Gasteiger partial charge in [0.2, 0.25) is 0 Å². The number of rotatable bonds is 4. The predicted octanol–water partition coefficient (Wildman–Crippen LogP) is 5.48. The van der Waals surface area contributed by atoms with E-state index in [1.807, 2.05) is 11.8 Å². The summed E-state index contributed by atoms with van der Waals surface area (Å²) in [7, 11) is 0. The molecule has 0 unspecified atom stereocenters. The van der Waals surface area contributed by atoms with Gasteiger partial charge in [-0.1, -0.05) is 55.8 Å². The van der Waals surface area contributed by atoms with Crippen molar-refractivity contribution in [1.82, 2.24) is 4.90 Å². The number of fused-ring (bicyclic) bond motifs is 1. The minimum absolute atomic E-state index is 0.604. The highest BCUT2D eigenvalue weighted by Crippen LogP contribution is 2.40. The molecule has 1 saturated heterocycles. The zero-order valence-electron chi connectivity index (χ0n) is 13.3. The number of benzene rings is 1. The van der Waals surface area contributed by atoms with Gasteiger partial charge in [-0.3, -0.25) is 4.90 Å². The Kier molecular flexibility index (Phi) is 5.07. The van der Waals surface area contributed by atoms with Gasteiger partial charge in [-0.25, -0.2) is 0 Å². The summed E-state index contributed by atoms with van der Waals surface area (Å²) >= 11 is 1.97. The van der Waals surface area contributed by atoms with Crippen LogP contribution in [0.5, 0.6) is 0 Å². The third-order valence-corrected chi connectivity index (χ3v) is 5.94. The van der Waals surface area contributed by atoms with Crippen molar-refractivity contribution in [2.45, 2.75) is 75.4 Å². The standard InChI is InChI=1S/C19H27NS/c1-3-8-16-9-7-10-17-14-19(13-15(2)20(16)17)21-18-11-5-4-6-12-18/h4-6,11-13,15-17H,3,7-10,14H2,1-2H3/t15-,16-,17+/m0/s1. The summed E-state index contributed by atoms with van der Waals surface area (Å²) in [4.78, 5) is 5.78. The maximum atomic E-state index is 2.82. The molecule has 3 atom stereocenters. The van der Waals surface area contributed by atoms with Gasteiger partial charge in [-0.2, -0.15) is 0 Å². The maximum Gasteiger partial charge on any atom is 0.0266 e. The van der Waals surface area contributed by atoms with Crippen molar-refractivity contribution in [3.05, 3.63) is 41.3 Å². The van der Waals surface area contributed by atoms with Gasteiger partial charge in [0.1, 0.15) is 0 Å². The Morgan fingerprint density at radius 2 is 2.00 bits per heavy atom. The van der Waals surface area contributed by atoms with Gasteiger partial charge in [0.05, 0.1) is 0 Å². The van der Waals surface area contributed by atoms with Gasteiger partial charge in [0.25, 0.3) is 0 Å². The van der Waals surface area contributed by atoms with Crippen LogP contribution in [0.1, 0.15) is 52.4 Å². The fourth-order valence-electron chi connectivity index (χ4n) is 4.06. The fourth-order valence-corrected chi connectivity index (χ4v) is 5.19. The van der Waals surface area contributed by atoms with Gasteiger partial charge < -0.3 is 0 Å². The van der Waals surface area contributed by atoms with E-state index in [1.165, 1.54) is 43.4 Å². The molecular weight excluding hydrogens is 274 g/mol. The molecule has 1 aromatic rings. The SMILES string of the molecule is CCC[C@H]1CCC[C@@H]2CC(Sc3ccccc3)=C[C@H](C)N12. The van der Waals surface area contributed by atoms with E-state index in [2.05, 4.69) is 55.2 Å². The van der Waals surface area contributed by atoms with Crippen LogP contribution in [0.25, 0.3) is 0 Å². The van der Waals surface area contributed by atoms with Crippen LogP contribution < -0.4 is 0 Å². The number of hydrogen-bond donors (Lipinski definition) is 0. The van der Waals surface area contributed by atoms with Crippen molar-refractivity contribution in [3.63, 3.8) is 0 Å². The summed E-state index contributed by atoms with van der Waals surface area (Å²) in [6.07, 6.45) is 10.7. The lowest BCUT2D eigenvalue weighted by molar-refractivity contribution is 0.0505.